The van der Waals surface area contributed by atoms with Crippen molar-refractivity contribution in [2.45, 2.75) is 26.4 Å². The van der Waals surface area contributed by atoms with E-state index in [2.05, 4.69) is 5.10 Å². The van der Waals surface area contributed by atoms with Gasteiger partial charge in [-0.25, -0.2) is 8.42 Å². The van der Waals surface area contributed by atoms with Crippen LogP contribution in [0.1, 0.15) is 34.6 Å². The first-order valence-electron chi connectivity index (χ1n) is 7.49. The van der Waals surface area contributed by atoms with Crippen LogP contribution in [0.15, 0.2) is 29.1 Å². The molecule has 2 aromatic rings. The third-order valence-corrected chi connectivity index (χ3v) is 5.77. The first-order valence-corrected chi connectivity index (χ1v) is 9.31. The van der Waals surface area contributed by atoms with E-state index in [9.17, 15) is 13.2 Å². The Morgan fingerprint density at radius 3 is 2.87 bits per heavy atom. The number of hydrogen-bond donors (Lipinski definition) is 0. The molecule has 8 heteroatoms. The van der Waals surface area contributed by atoms with Gasteiger partial charge >= 0.3 is 0 Å². The van der Waals surface area contributed by atoms with E-state index in [1.807, 2.05) is 6.92 Å². The summed E-state index contributed by atoms with van der Waals surface area (Å²) in [5.74, 6) is 0.228. The van der Waals surface area contributed by atoms with E-state index in [0.29, 0.717) is 17.9 Å². The van der Waals surface area contributed by atoms with E-state index in [-0.39, 0.29) is 24.0 Å². The largest absolute Gasteiger partial charge is 0.469 e. The molecule has 1 atom stereocenters. The van der Waals surface area contributed by atoms with Gasteiger partial charge in [0.1, 0.15) is 5.76 Å². The highest BCUT2D eigenvalue weighted by Crippen LogP contribution is 2.29. The zero-order chi connectivity index (χ0) is 16.6. The van der Waals surface area contributed by atoms with Gasteiger partial charge in [0.2, 0.25) is 0 Å². The van der Waals surface area contributed by atoms with Crippen LogP contribution in [0.25, 0.3) is 0 Å². The van der Waals surface area contributed by atoms with E-state index in [1.54, 1.807) is 35.0 Å². The van der Waals surface area contributed by atoms with Gasteiger partial charge in [-0.3, -0.25) is 9.48 Å². The van der Waals surface area contributed by atoms with Crippen LogP contribution < -0.4 is 0 Å². The highest BCUT2D eigenvalue weighted by Gasteiger charge is 2.36. The number of sulfone groups is 1. The fourth-order valence-corrected chi connectivity index (χ4v) is 4.31. The van der Waals surface area contributed by atoms with Gasteiger partial charge < -0.3 is 9.32 Å². The van der Waals surface area contributed by atoms with Crippen molar-refractivity contribution in [3.8, 4) is 0 Å². The summed E-state index contributed by atoms with van der Waals surface area (Å²) in [5.41, 5.74) is 1.21. The second-order valence-electron chi connectivity index (χ2n) is 5.65. The molecule has 7 nitrogen and oxygen atoms in total. The predicted molar refractivity (Wildman–Crippen MR) is 83.8 cm³/mol. The van der Waals surface area contributed by atoms with Crippen LogP contribution in [0.5, 0.6) is 0 Å². The minimum Gasteiger partial charge on any atom is -0.469 e. The summed E-state index contributed by atoms with van der Waals surface area (Å²) in [4.78, 5) is 14.4. The van der Waals surface area contributed by atoms with Crippen molar-refractivity contribution in [2.75, 3.05) is 18.1 Å². The lowest BCUT2D eigenvalue weighted by Gasteiger charge is -2.34. The second-order valence-corrected chi connectivity index (χ2v) is 7.88. The van der Waals surface area contributed by atoms with Gasteiger partial charge in [-0.05, 0) is 19.9 Å². The molecule has 1 amide bonds. The number of nitrogens with zero attached hydrogens (tertiary/aromatic N) is 3. The number of furan rings is 1. The van der Waals surface area contributed by atoms with Gasteiger partial charge in [0.05, 0.1) is 35.6 Å². The molecule has 0 aliphatic carbocycles. The van der Waals surface area contributed by atoms with Crippen molar-refractivity contribution < 1.29 is 17.6 Å². The third-order valence-electron chi connectivity index (χ3n) is 4.14. The molecule has 1 aliphatic heterocycles. The molecule has 1 aliphatic rings. The first kappa shape index (κ1) is 15.8. The second kappa shape index (κ2) is 5.84. The summed E-state index contributed by atoms with van der Waals surface area (Å²) < 4.78 is 31.0. The Morgan fingerprint density at radius 2 is 2.26 bits per heavy atom. The molecule has 3 heterocycles. The van der Waals surface area contributed by atoms with Gasteiger partial charge in [0, 0.05) is 24.8 Å². The van der Waals surface area contributed by atoms with Crippen molar-refractivity contribution in [1.29, 1.82) is 0 Å². The van der Waals surface area contributed by atoms with E-state index in [1.165, 1.54) is 6.26 Å². The number of hydrogen-bond acceptors (Lipinski definition) is 5. The van der Waals surface area contributed by atoms with E-state index < -0.39 is 15.9 Å². The van der Waals surface area contributed by atoms with Gasteiger partial charge in [0.15, 0.2) is 9.84 Å². The molecule has 0 aromatic carbocycles. The van der Waals surface area contributed by atoms with Gasteiger partial charge in [0.25, 0.3) is 5.91 Å². The molecule has 0 N–H and O–H groups in total. The average molecular weight is 337 g/mol. The quantitative estimate of drug-likeness (QED) is 0.845. The normalized spacial score (nSPS) is 20.6. The predicted octanol–water partition coefficient (Wildman–Crippen LogP) is 1.42. The van der Waals surface area contributed by atoms with Gasteiger partial charge in [-0.1, -0.05) is 0 Å². The molecular formula is C15H19N3O4S. The first-order chi connectivity index (χ1) is 10.9. The number of aromatic nitrogens is 2. The molecule has 1 saturated heterocycles. The van der Waals surface area contributed by atoms with Crippen molar-refractivity contribution >= 4 is 15.7 Å². The fraction of sp³-hybridized carbons (Fsp3) is 0.467. The maximum Gasteiger partial charge on any atom is 0.257 e. The smallest absolute Gasteiger partial charge is 0.257 e. The zero-order valence-corrected chi connectivity index (χ0v) is 13.9. The Kier molecular flexibility index (Phi) is 4.01. The molecule has 3 rings (SSSR count). The number of carbonyl (C=O) groups excluding carboxylic acids is 1. The van der Waals surface area contributed by atoms with E-state index in [4.69, 9.17) is 4.42 Å². The number of rotatable bonds is 3. The van der Waals surface area contributed by atoms with Crippen LogP contribution in [0, 0.1) is 6.92 Å². The minimum atomic E-state index is -3.18. The number of amides is 1. The van der Waals surface area contributed by atoms with Crippen LogP contribution in [-0.4, -0.2) is 47.1 Å². The molecular weight excluding hydrogens is 318 g/mol. The van der Waals surface area contributed by atoms with Crippen molar-refractivity contribution in [3.05, 3.63) is 41.6 Å². The van der Waals surface area contributed by atoms with Crippen LogP contribution in [-0.2, 0) is 16.4 Å². The maximum atomic E-state index is 12.8. The summed E-state index contributed by atoms with van der Waals surface area (Å²) in [6, 6.07) is 1.10. The summed E-state index contributed by atoms with van der Waals surface area (Å²) in [7, 11) is -3.18. The Bertz CT molecular complexity index is 821. The Hall–Kier alpha value is -2.09. The van der Waals surface area contributed by atoms with Crippen LogP contribution in [0.3, 0.4) is 0 Å². The number of aryl methyl sites for hydroxylation is 2. The molecule has 2 aromatic heterocycles. The molecule has 23 heavy (non-hydrogen) atoms. The van der Waals surface area contributed by atoms with Gasteiger partial charge in [-0.15, -0.1) is 0 Å². The topological polar surface area (TPSA) is 85.4 Å². The fourth-order valence-electron chi connectivity index (χ4n) is 2.81. The molecule has 124 valence electrons. The minimum absolute atomic E-state index is 0.0198. The molecule has 1 fully saturated rings. The van der Waals surface area contributed by atoms with E-state index >= 15 is 0 Å². The lowest BCUT2D eigenvalue weighted by Crippen LogP contribution is -2.46. The van der Waals surface area contributed by atoms with Crippen LogP contribution in [0.4, 0.5) is 0 Å². The van der Waals surface area contributed by atoms with Crippen molar-refractivity contribution in [2.24, 2.45) is 0 Å². The summed E-state index contributed by atoms with van der Waals surface area (Å²) in [6.45, 7) is 4.53. The van der Waals surface area contributed by atoms with Crippen LogP contribution >= 0.6 is 0 Å². The standard InChI is InChI=1S/C15H19N3O4S/c1-3-17-9-12(8-16-17)14-10-23(20,21)7-5-18(14)15(19)13-4-6-22-11(13)2/h4,6,8-9,14H,3,5,7,10H2,1-2H3. The van der Waals surface area contributed by atoms with Gasteiger partial charge in [-0.2, -0.15) is 5.10 Å². The Morgan fingerprint density at radius 1 is 1.48 bits per heavy atom. The molecule has 0 spiro atoms. The lowest BCUT2D eigenvalue weighted by molar-refractivity contribution is 0.0695. The summed E-state index contributed by atoms with van der Waals surface area (Å²) in [5, 5.41) is 4.20. The summed E-state index contributed by atoms with van der Waals surface area (Å²) in [6.07, 6.45) is 4.90. The number of carbonyl (C=O) groups is 1. The Labute approximate surface area is 134 Å². The van der Waals surface area contributed by atoms with Crippen LogP contribution in [0.2, 0.25) is 0 Å². The highest BCUT2D eigenvalue weighted by atomic mass is 32.2. The van der Waals surface area contributed by atoms with Crippen molar-refractivity contribution in [3.63, 3.8) is 0 Å². The third kappa shape index (κ3) is 3.03. The Balaban J connectivity index is 1.96. The lowest BCUT2D eigenvalue weighted by atomic mass is 10.1. The average Bonchev–Trinajstić information content (AvgIpc) is 3.14. The molecule has 1 unspecified atom stereocenters. The monoisotopic (exact) mass is 337 g/mol. The van der Waals surface area contributed by atoms with Crippen molar-refractivity contribution in [1.82, 2.24) is 14.7 Å². The zero-order valence-electron chi connectivity index (χ0n) is 13.1. The molecule has 0 saturated carbocycles. The SMILES string of the molecule is CCn1cc(C2CS(=O)(=O)CCN2C(=O)c2ccoc2C)cn1. The molecule has 0 radical (unpaired) electrons. The van der Waals surface area contributed by atoms with E-state index in [0.717, 1.165) is 5.56 Å². The maximum absolute atomic E-state index is 12.8. The summed E-state index contributed by atoms with van der Waals surface area (Å²) >= 11 is 0. The molecule has 0 bridgehead atoms. The highest BCUT2D eigenvalue weighted by molar-refractivity contribution is 7.91.